The Balaban J connectivity index is 2.38. The molecule has 0 aromatic heterocycles. The van der Waals surface area contributed by atoms with Crippen molar-refractivity contribution in [1.82, 2.24) is 16.0 Å². The lowest BCUT2D eigenvalue weighted by Crippen LogP contribution is -2.45. The van der Waals surface area contributed by atoms with Gasteiger partial charge >= 0.3 is 0 Å². The van der Waals surface area contributed by atoms with E-state index in [-0.39, 0.29) is 35.5 Å². The van der Waals surface area contributed by atoms with Crippen molar-refractivity contribution in [2.45, 2.75) is 284 Å². The zero-order valence-corrected chi connectivity index (χ0v) is 42.4. The van der Waals surface area contributed by atoms with Gasteiger partial charge in [-0.1, -0.05) is 218 Å². The van der Waals surface area contributed by atoms with Gasteiger partial charge in [0.15, 0.2) is 0 Å². The molecule has 6 nitrogen and oxygen atoms in total. The van der Waals surface area contributed by atoms with Gasteiger partial charge in [-0.25, -0.2) is 0 Å². The molecule has 3 N–H and O–H groups in total. The van der Waals surface area contributed by atoms with Crippen molar-refractivity contribution < 1.29 is 14.4 Å². The Kier molecular flexibility index (Phi) is 43.4. The van der Waals surface area contributed by atoms with Crippen LogP contribution in [0.4, 0.5) is 0 Å². The predicted molar refractivity (Wildman–Crippen MR) is 274 cm³/mol. The van der Waals surface area contributed by atoms with Gasteiger partial charge in [0.25, 0.3) is 0 Å². The van der Waals surface area contributed by atoms with E-state index in [4.69, 9.17) is 0 Å². The number of carbonyl (C=O) groups is 3. The number of rotatable bonds is 46. The Morgan fingerprint density at radius 3 is 0.714 bits per heavy atom. The third kappa shape index (κ3) is 37.8. The van der Waals surface area contributed by atoms with Crippen molar-refractivity contribution in [2.24, 2.45) is 17.8 Å². The molecule has 63 heavy (non-hydrogen) atoms. The second-order valence-corrected chi connectivity index (χ2v) is 19.7. The normalized spacial score (nSPS) is 16.6. The summed E-state index contributed by atoms with van der Waals surface area (Å²) in [6, 6.07) is 0. The summed E-state index contributed by atoms with van der Waals surface area (Å²) in [5, 5.41) is 9.59. The molecule has 0 aliphatic heterocycles. The molecular formula is C57H107N3O3. The molecule has 1 aliphatic rings. The van der Waals surface area contributed by atoms with Crippen LogP contribution < -0.4 is 16.0 Å². The third-order valence-corrected chi connectivity index (χ3v) is 13.6. The fourth-order valence-corrected chi connectivity index (χ4v) is 9.39. The first-order valence-electron chi connectivity index (χ1n) is 28.2. The van der Waals surface area contributed by atoms with Gasteiger partial charge in [-0.15, -0.1) is 0 Å². The largest absolute Gasteiger partial charge is 0.356 e. The van der Waals surface area contributed by atoms with Gasteiger partial charge in [-0.05, 0) is 89.9 Å². The molecule has 1 unspecified atom stereocenters. The van der Waals surface area contributed by atoms with Crippen LogP contribution in [0.1, 0.15) is 284 Å². The Hall–Kier alpha value is -2.11. The fraction of sp³-hybridized carbons (Fsp3) is 0.877. The quantitative estimate of drug-likeness (QED) is 0.0420. The van der Waals surface area contributed by atoms with Crippen LogP contribution in [0.25, 0.3) is 0 Å². The molecule has 0 aromatic rings. The third-order valence-electron chi connectivity index (χ3n) is 13.6. The van der Waals surface area contributed by atoms with Gasteiger partial charge in [0.05, 0.1) is 0 Å². The highest BCUT2D eigenvalue weighted by Crippen LogP contribution is 2.34. The van der Waals surface area contributed by atoms with Gasteiger partial charge in [0.1, 0.15) is 0 Å². The highest BCUT2D eigenvalue weighted by molar-refractivity contribution is 5.86. The molecule has 368 valence electrons. The van der Waals surface area contributed by atoms with Crippen molar-refractivity contribution in [3.05, 3.63) is 24.3 Å². The van der Waals surface area contributed by atoms with Crippen LogP contribution in [0.5, 0.6) is 0 Å². The molecule has 1 fully saturated rings. The van der Waals surface area contributed by atoms with E-state index < -0.39 is 0 Å². The Bertz CT molecular complexity index is 1020. The molecule has 0 radical (unpaired) electrons. The van der Waals surface area contributed by atoms with Crippen molar-refractivity contribution in [3.8, 4) is 0 Å². The van der Waals surface area contributed by atoms with Crippen molar-refractivity contribution in [3.63, 3.8) is 0 Å². The summed E-state index contributed by atoms with van der Waals surface area (Å²) in [7, 11) is 0. The molecule has 0 aromatic carbocycles. The lowest BCUT2D eigenvalue weighted by Gasteiger charge is -2.33. The summed E-state index contributed by atoms with van der Waals surface area (Å²) in [5.41, 5.74) is 0. The molecule has 3 atom stereocenters. The fourth-order valence-electron chi connectivity index (χ4n) is 9.39. The maximum absolute atomic E-state index is 13.5. The number of nitrogens with one attached hydrogen (secondary N) is 3. The highest BCUT2D eigenvalue weighted by atomic mass is 16.2. The van der Waals surface area contributed by atoms with Crippen molar-refractivity contribution >= 4 is 17.7 Å². The van der Waals surface area contributed by atoms with E-state index in [0.717, 1.165) is 38.5 Å². The van der Waals surface area contributed by atoms with Crippen LogP contribution in [0.15, 0.2) is 24.3 Å². The molecule has 0 heterocycles. The van der Waals surface area contributed by atoms with Crippen LogP contribution in [0.3, 0.4) is 0 Å². The SMILES string of the molecule is CCCCCCCCC=CCCCCCCCCNC(=O)[C@@H]1CC(C(=O)NCCCCCCCCCCCC)C[C@H](C(=O)NCCCCCCCCC=CCCCCCCCC)C1. The highest BCUT2D eigenvalue weighted by Gasteiger charge is 2.38. The number of hydrogen-bond donors (Lipinski definition) is 3. The summed E-state index contributed by atoms with van der Waals surface area (Å²) in [5.74, 6) is -0.779. The standard InChI is InChI=1S/C57H107N3O3/c1-4-7-10-13-16-19-22-24-26-28-30-32-35-38-41-44-47-59-56(62)53-49-52(55(61)58-46-43-40-37-34-21-18-15-12-9-6-3)50-54(51-53)57(63)60-48-45-42-39-36-33-31-29-27-25-23-20-17-14-11-8-5-2/h24-27,52-54H,4-23,28-51H2,1-3H3,(H,58,61)(H,59,62)(H,60,63)/t52?,53-,54+. The van der Waals surface area contributed by atoms with Gasteiger partial charge in [0.2, 0.25) is 17.7 Å². The van der Waals surface area contributed by atoms with E-state index in [9.17, 15) is 14.4 Å². The zero-order chi connectivity index (χ0) is 45.5. The van der Waals surface area contributed by atoms with E-state index in [1.54, 1.807) is 0 Å². The second kappa shape index (κ2) is 46.4. The summed E-state index contributed by atoms with van der Waals surface area (Å²) in [6.45, 7) is 8.86. The van der Waals surface area contributed by atoms with Crippen molar-refractivity contribution in [2.75, 3.05) is 19.6 Å². The molecule has 0 spiro atoms. The Morgan fingerprint density at radius 2 is 0.492 bits per heavy atom. The van der Waals surface area contributed by atoms with Gasteiger partial charge in [0, 0.05) is 37.4 Å². The summed E-state index contributed by atoms with van der Waals surface area (Å²) in [6.07, 6.45) is 59.4. The van der Waals surface area contributed by atoms with E-state index in [0.29, 0.717) is 38.9 Å². The minimum atomic E-state index is -0.290. The molecule has 0 bridgehead atoms. The molecule has 0 saturated heterocycles. The van der Waals surface area contributed by atoms with Gasteiger partial charge < -0.3 is 16.0 Å². The topological polar surface area (TPSA) is 87.3 Å². The van der Waals surface area contributed by atoms with Gasteiger partial charge in [-0.3, -0.25) is 14.4 Å². The summed E-state index contributed by atoms with van der Waals surface area (Å²) < 4.78 is 0. The van der Waals surface area contributed by atoms with Crippen LogP contribution in [-0.2, 0) is 14.4 Å². The molecule has 1 rings (SSSR count). The van der Waals surface area contributed by atoms with E-state index >= 15 is 0 Å². The van der Waals surface area contributed by atoms with Crippen LogP contribution in [0.2, 0.25) is 0 Å². The maximum Gasteiger partial charge on any atom is 0.223 e. The van der Waals surface area contributed by atoms with Crippen LogP contribution >= 0.6 is 0 Å². The van der Waals surface area contributed by atoms with E-state index in [1.807, 2.05) is 0 Å². The number of allylic oxidation sites excluding steroid dienone is 4. The number of carbonyl (C=O) groups excluding carboxylic acids is 3. The minimum absolute atomic E-state index is 0.0287. The number of hydrogen-bond acceptors (Lipinski definition) is 3. The molecular weight excluding hydrogens is 775 g/mol. The average molecular weight is 883 g/mol. The predicted octanol–water partition coefficient (Wildman–Crippen LogP) is 16.4. The van der Waals surface area contributed by atoms with Crippen molar-refractivity contribution in [1.29, 1.82) is 0 Å². The first-order valence-corrected chi connectivity index (χ1v) is 28.2. The first-order chi connectivity index (χ1) is 31.0. The minimum Gasteiger partial charge on any atom is -0.356 e. The second-order valence-electron chi connectivity index (χ2n) is 19.7. The van der Waals surface area contributed by atoms with Crippen LogP contribution in [0, 0.1) is 17.8 Å². The first kappa shape index (κ1) is 58.9. The zero-order valence-electron chi connectivity index (χ0n) is 42.4. The molecule has 3 amide bonds. The lowest BCUT2D eigenvalue weighted by atomic mass is 9.74. The summed E-state index contributed by atoms with van der Waals surface area (Å²) in [4.78, 5) is 40.5. The number of unbranched alkanes of at least 4 members (excludes halogenated alkanes) is 33. The number of amides is 3. The smallest absolute Gasteiger partial charge is 0.223 e. The lowest BCUT2D eigenvalue weighted by molar-refractivity contribution is -0.134. The molecule has 6 heteroatoms. The van der Waals surface area contributed by atoms with Gasteiger partial charge in [-0.2, -0.15) is 0 Å². The summed E-state index contributed by atoms with van der Waals surface area (Å²) >= 11 is 0. The van der Waals surface area contributed by atoms with E-state index in [2.05, 4.69) is 61.0 Å². The van der Waals surface area contributed by atoms with Crippen LogP contribution in [-0.4, -0.2) is 37.4 Å². The molecule has 1 saturated carbocycles. The average Bonchev–Trinajstić information content (AvgIpc) is 3.29. The monoisotopic (exact) mass is 882 g/mol. The maximum atomic E-state index is 13.5. The molecule has 1 aliphatic carbocycles. The Morgan fingerprint density at radius 1 is 0.302 bits per heavy atom. The van der Waals surface area contributed by atoms with E-state index in [1.165, 1.54) is 205 Å². The Labute approximate surface area is 392 Å².